The third-order valence-corrected chi connectivity index (χ3v) is 6.24. The number of benzene rings is 2. The summed E-state index contributed by atoms with van der Waals surface area (Å²) in [7, 11) is 0. The van der Waals surface area contributed by atoms with Crippen LogP contribution in [0.25, 0.3) is 0 Å². The van der Waals surface area contributed by atoms with Crippen LogP contribution < -0.4 is 20.3 Å². The van der Waals surface area contributed by atoms with Crippen molar-refractivity contribution in [3.8, 4) is 5.75 Å². The van der Waals surface area contributed by atoms with Gasteiger partial charge in [-0.3, -0.25) is 9.59 Å². The molecule has 2 N–H and O–H groups in total. The monoisotopic (exact) mass is 583 g/mol. The van der Waals surface area contributed by atoms with E-state index in [2.05, 4.69) is 15.4 Å². The number of aryl methyl sites for hydroxylation is 1. The lowest BCUT2D eigenvalue weighted by Crippen LogP contribution is -2.56. The molecule has 12 heteroatoms. The third kappa shape index (κ3) is 8.51. The Morgan fingerprint density at radius 1 is 1.12 bits per heavy atom. The number of ether oxygens (including phenoxy) is 2. The SMILES string of the molecule is CC(C)N1C(=O)[C@@H](NC(=O)[C@@H](Cc2ccccc2OC(F)(F)F)NC(=O)OC(C)(C)C)CCc2cc(Cl)ccc21. The zero-order valence-corrected chi connectivity index (χ0v) is 23.7. The molecule has 0 fully saturated rings. The molecule has 0 radical (unpaired) electrons. The molecule has 1 aliphatic rings. The van der Waals surface area contributed by atoms with E-state index in [-0.39, 0.29) is 30.4 Å². The standard InChI is InChI=1S/C28H33ClF3N3O5/c1-16(2)35-22-13-11-19(29)14-17(22)10-12-20(25(35)37)33-24(36)21(34-26(38)40-27(3,4)5)15-18-8-6-7-9-23(18)39-28(30,31)32/h6-9,11,13-14,16,20-21H,10,12,15H2,1-5H3,(H,33,36)(H,34,38)/t20-,21+/m0/s1. The van der Waals surface area contributed by atoms with Crippen molar-refractivity contribution >= 4 is 35.2 Å². The Morgan fingerprint density at radius 3 is 2.42 bits per heavy atom. The lowest BCUT2D eigenvalue weighted by molar-refractivity contribution is -0.274. The van der Waals surface area contributed by atoms with Gasteiger partial charge < -0.3 is 25.0 Å². The molecule has 8 nitrogen and oxygen atoms in total. The number of anilines is 1. The number of para-hydroxylation sites is 1. The van der Waals surface area contributed by atoms with Gasteiger partial charge in [0.15, 0.2) is 0 Å². The van der Waals surface area contributed by atoms with Crippen LogP contribution in [-0.2, 0) is 27.2 Å². The van der Waals surface area contributed by atoms with Gasteiger partial charge in [0.2, 0.25) is 11.8 Å². The molecule has 3 rings (SSSR count). The molecule has 40 heavy (non-hydrogen) atoms. The average Bonchev–Trinajstić information content (AvgIpc) is 2.94. The summed E-state index contributed by atoms with van der Waals surface area (Å²) in [6, 6.07) is 7.93. The summed E-state index contributed by atoms with van der Waals surface area (Å²) in [5, 5.41) is 5.65. The zero-order chi connectivity index (χ0) is 29.8. The fourth-order valence-electron chi connectivity index (χ4n) is 4.41. The molecule has 0 bridgehead atoms. The van der Waals surface area contributed by atoms with E-state index in [1.807, 2.05) is 13.8 Å². The molecule has 0 saturated carbocycles. The van der Waals surface area contributed by atoms with Gasteiger partial charge in [-0.2, -0.15) is 0 Å². The molecule has 0 aromatic heterocycles. The van der Waals surface area contributed by atoms with Crippen molar-refractivity contribution in [2.75, 3.05) is 4.90 Å². The molecule has 1 aliphatic heterocycles. The summed E-state index contributed by atoms with van der Waals surface area (Å²) in [4.78, 5) is 41.3. The van der Waals surface area contributed by atoms with Crippen molar-refractivity contribution in [2.24, 2.45) is 0 Å². The highest BCUT2D eigenvalue weighted by Gasteiger charge is 2.36. The van der Waals surface area contributed by atoms with Gasteiger partial charge in [-0.25, -0.2) is 4.79 Å². The Balaban J connectivity index is 1.89. The van der Waals surface area contributed by atoms with E-state index >= 15 is 0 Å². The molecule has 0 saturated heterocycles. The molecule has 3 amide bonds. The van der Waals surface area contributed by atoms with E-state index < -0.39 is 41.8 Å². The van der Waals surface area contributed by atoms with Crippen LogP contribution in [0.2, 0.25) is 5.02 Å². The number of nitrogens with zero attached hydrogens (tertiary/aromatic N) is 1. The van der Waals surface area contributed by atoms with Crippen LogP contribution in [-0.4, -0.2) is 48.0 Å². The summed E-state index contributed by atoms with van der Waals surface area (Å²) in [5.41, 5.74) is 0.648. The van der Waals surface area contributed by atoms with Gasteiger partial charge in [0, 0.05) is 23.2 Å². The second kappa shape index (κ2) is 12.4. The van der Waals surface area contributed by atoms with E-state index in [0.29, 0.717) is 17.1 Å². The minimum Gasteiger partial charge on any atom is -0.444 e. The molecule has 1 heterocycles. The zero-order valence-electron chi connectivity index (χ0n) is 22.9. The Hall–Kier alpha value is -3.47. The summed E-state index contributed by atoms with van der Waals surface area (Å²) in [6.45, 7) is 8.56. The lowest BCUT2D eigenvalue weighted by atomic mass is 10.0. The van der Waals surface area contributed by atoms with Gasteiger partial charge in [0.25, 0.3) is 0 Å². The Labute approximate surface area is 236 Å². The third-order valence-electron chi connectivity index (χ3n) is 6.00. The topological polar surface area (TPSA) is 97.0 Å². The molecule has 2 atom stereocenters. The van der Waals surface area contributed by atoms with Crippen molar-refractivity contribution in [1.82, 2.24) is 10.6 Å². The summed E-state index contributed by atoms with van der Waals surface area (Å²) in [5.74, 6) is -1.64. The van der Waals surface area contributed by atoms with E-state index in [9.17, 15) is 27.6 Å². The van der Waals surface area contributed by atoms with Gasteiger partial charge in [-0.05, 0) is 82.9 Å². The highest BCUT2D eigenvalue weighted by molar-refractivity contribution is 6.30. The fourth-order valence-corrected chi connectivity index (χ4v) is 4.61. The Bertz CT molecular complexity index is 1250. The molecule has 0 aliphatic carbocycles. The predicted molar refractivity (Wildman–Crippen MR) is 144 cm³/mol. The highest BCUT2D eigenvalue weighted by atomic mass is 35.5. The van der Waals surface area contributed by atoms with Crippen LogP contribution in [0.5, 0.6) is 5.75 Å². The van der Waals surface area contributed by atoms with Crippen LogP contribution in [0.4, 0.5) is 23.7 Å². The smallest absolute Gasteiger partial charge is 0.444 e. The van der Waals surface area contributed by atoms with Gasteiger partial charge in [-0.15, -0.1) is 13.2 Å². The summed E-state index contributed by atoms with van der Waals surface area (Å²) >= 11 is 6.17. The molecular weight excluding hydrogens is 551 g/mol. The van der Waals surface area contributed by atoms with Crippen molar-refractivity contribution in [2.45, 2.75) is 84.0 Å². The van der Waals surface area contributed by atoms with Crippen LogP contribution in [0.1, 0.15) is 52.2 Å². The number of hydrogen-bond acceptors (Lipinski definition) is 5. The molecule has 2 aromatic carbocycles. The molecule has 0 unspecified atom stereocenters. The molecular formula is C28H33ClF3N3O5. The second-order valence-corrected chi connectivity index (χ2v) is 11.2. The van der Waals surface area contributed by atoms with E-state index in [1.165, 1.54) is 18.2 Å². The number of carbonyl (C=O) groups is 3. The van der Waals surface area contributed by atoms with E-state index in [0.717, 1.165) is 11.6 Å². The molecule has 0 spiro atoms. The first-order valence-electron chi connectivity index (χ1n) is 12.8. The number of rotatable bonds is 7. The van der Waals surface area contributed by atoms with Crippen molar-refractivity contribution in [3.05, 3.63) is 58.6 Å². The van der Waals surface area contributed by atoms with Gasteiger partial charge in [-0.1, -0.05) is 29.8 Å². The van der Waals surface area contributed by atoms with Gasteiger partial charge in [0.05, 0.1) is 0 Å². The minimum absolute atomic E-state index is 0.0223. The number of alkyl carbamates (subject to hydrolysis) is 1. The van der Waals surface area contributed by atoms with Crippen LogP contribution in [0.15, 0.2) is 42.5 Å². The number of carbonyl (C=O) groups excluding carboxylic acids is 3. The Morgan fingerprint density at radius 2 is 1.80 bits per heavy atom. The number of hydrogen-bond donors (Lipinski definition) is 2. The summed E-state index contributed by atoms with van der Waals surface area (Å²) in [6.07, 6.45) is -5.59. The average molecular weight is 584 g/mol. The van der Waals surface area contributed by atoms with Crippen LogP contribution in [0.3, 0.4) is 0 Å². The Kier molecular flexibility index (Phi) is 9.60. The van der Waals surface area contributed by atoms with Gasteiger partial charge in [0.1, 0.15) is 23.4 Å². The number of fused-ring (bicyclic) bond motifs is 1. The van der Waals surface area contributed by atoms with Gasteiger partial charge >= 0.3 is 12.5 Å². The van der Waals surface area contributed by atoms with Crippen molar-refractivity contribution < 1.29 is 37.0 Å². The largest absolute Gasteiger partial charge is 0.573 e. The first-order valence-corrected chi connectivity index (χ1v) is 13.2. The number of amides is 3. The van der Waals surface area contributed by atoms with E-state index in [4.69, 9.17) is 16.3 Å². The second-order valence-electron chi connectivity index (χ2n) is 10.7. The first kappa shape index (κ1) is 31.1. The van der Waals surface area contributed by atoms with Crippen LogP contribution >= 0.6 is 11.6 Å². The van der Waals surface area contributed by atoms with E-state index in [1.54, 1.807) is 43.9 Å². The quantitative estimate of drug-likeness (QED) is 0.446. The molecule has 218 valence electrons. The number of nitrogens with one attached hydrogen (secondary N) is 2. The first-order chi connectivity index (χ1) is 18.5. The normalized spacial score (nSPS) is 16.6. The van der Waals surface area contributed by atoms with Crippen LogP contribution in [0, 0.1) is 0 Å². The fraction of sp³-hybridized carbons (Fsp3) is 0.464. The number of alkyl halides is 3. The highest BCUT2D eigenvalue weighted by Crippen LogP contribution is 2.31. The van der Waals surface area contributed by atoms with Crippen molar-refractivity contribution in [3.63, 3.8) is 0 Å². The maximum Gasteiger partial charge on any atom is 0.573 e. The lowest BCUT2D eigenvalue weighted by Gasteiger charge is -2.30. The minimum atomic E-state index is -4.96. The number of halogens is 4. The predicted octanol–water partition coefficient (Wildman–Crippen LogP) is 5.55. The maximum absolute atomic E-state index is 13.6. The summed E-state index contributed by atoms with van der Waals surface area (Å²) < 4.78 is 48.4. The molecule has 2 aromatic rings. The van der Waals surface area contributed by atoms with Crippen molar-refractivity contribution in [1.29, 1.82) is 0 Å². The maximum atomic E-state index is 13.6.